The van der Waals surface area contributed by atoms with E-state index in [0.717, 1.165) is 27.8 Å². The van der Waals surface area contributed by atoms with Crippen molar-refractivity contribution >= 4 is 28.4 Å². The van der Waals surface area contributed by atoms with Gasteiger partial charge in [-0.1, -0.05) is 30.3 Å². The van der Waals surface area contributed by atoms with Gasteiger partial charge in [0, 0.05) is 36.1 Å². The van der Waals surface area contributed by atoms with Crippen LogP contribution in [0.15, 0.2) is 73.2 Å². The maximum atomic E-state index is 6.12. The van der Waals surface area contributed by atoms with E-state index in [-0.39, 0.29) is 0 Å². The van der Waals surface area contributed by atoms with Gasteiger partial charge in [0.1, 0.15) is 5.65 Å². The second-order valence-corrected chi connectivity index (χ2v) is 6.38. The van der Waals surface area contributed by atoms with Crippen LogP contribution in [0.4, 0.5) is 11.9 Å². The van der Waals surface area contributed by atoms with E-state index in [1.807, 2.05) is 46.9 Å². The van der Waals surface area contributed by atoms with E-state index >= 15 is 0 Å². The molecule has 7 heteroatoms. The summed E-state index contributed by atoms with van der Waals surface area (Å²) in [6.45, 7) is 0.653. The van der Waals surface area contributed by atoms with E-state index in [2.05, 4.69) is 32.4 Å². The van der Waals surface area contributed by atoms with Crippen molar-refractivity contribution in [2.45, 2.75) is 6.54 Å². The Morgan fingerprint density at radius 2 is 1.71 bits per heavy atom. The number of hydrogen-bond donors (Lipinski definition) is 2. The zero-order valence-electron chi connectivity index (χ0n) is 14.9. The van der Waals surface area contributed by atoms with Crippen LogP contribution < -0.4 is 11.1 Å². The van der Waals surface area contributed by atoms with Gasteiger partial charge in [0.25, 0.3) is 0 Å². The molecule has 1 aromatic carbocycles. The molecule has 0 atom stereocenters. The van der Waals surface area contributed by atoms with Gasteiger partial charge in [-0.05, 0) is 29.8 Å². The van der Waals surface area contributed by atoms with E-state index in [9.17, 15) is 0 Å². The molecule has 0 radical (unpaired) electrons. The fraction of sp³-hybridized carbons (Fsp3) is 0.0476. The maximum Gasteiger partial charge on any atom is 0.223 e. The molecule has 0 unspecified atom stereocenters. The van der Waals surface area contributed by atoms with E-state index in [1.54, 1.807) is 18.6 Å². The molecule has 4 aromatic heterocycles. The molecule has 0 aliphatic rings. The number of pyridine rings is 1. The molecule has 0 fully saturated rings. The number of nitrogens with two attached hydrogens (primary N) is 1. The van der Waals surface area contributed by atoms with Crippen LogP contribution >= 0.6 is 0 Å². The fourth-order valence-electron chi connectivity index (χ4n) is 3.40. The minimum absolute atomic E-state index is 0.393. The number of nitrogens with zero attached hydrogens (tertiary/aromatic N) is 5. The summed E-state index contributed by atoms with van der Waals surface area (Å²) in [6.07, 6.45) is 5.20. The lowest BCUT2D eigenvalue weighted by molar-refractivity contribution is 1.06. The molecular formula is C21H17N7. The van der Waals surface area contributed by atoms with Gasteiger partial charge in [-0.25, -0.2) is 19.9 Å². The molecule has 0 aliphatic carbocycles. The lowest BCUT2D eigenvalue weighted by Gasteiger charge is -2.07. The lowest BCUT2D eigenvalue weighted by atomic mass is 10.1. The van der Waals surface area contributed by atoms with Crippen LogP contribution in [0.2, 0.25) is 0 Å². The zero-order chi connectivity index (χ0) is 18.9. The molecule has 5 aromatic rings. The van der Waals surface area contributed by atoms with Crippen LogP contribution in [0.5, 0.6) is 0 Å². The Labute approximate surface area is 160 Å². The lowest BCUT2D eigenvalue weighted by Crippen LogP contribution is -2.03. The van der Waals surface area contributed by atoms with Crippen molar-refractivity contribution in [2.24, 2.45) is 0 Å². The van der Waals surface area contributed by atoms with Crippen molar-refractivity contribution in [1.82, 2.24) is 24.3 Å². The number of hydrogen-bond acceptors (Lipinski definition) is 6. The van der Waals surface area contributed by atoms with Gasteiger partial charge in [-0.15, -0.1) is 0 Å². The molecule has 4 heterocycles. The van der Waals surface area contributed by atoms with Crippen molar-refractivity contribution in [3.8, 4) is 11.3 Å². The first-order valence-corrected chi connectivity index (χ1v) is 8.92. The topological polar surface area (TPSA) is 94.0 Å². The highest BCUT2D eigenvalue weighted by atomic mass is 15.1. The summed E-state index contributed by atoms with van der Waals surface area (Å²) in [5, 5.41) is 4.26. The van der Waals surface area contributed by atoms with E-state index in [0.29, 0.717) is 18.4 Å². The number of nitrogen functional groups attached to an aromatic ring is 1. The average Bonchev–Trinajstić information content (AvgIpc) is 3.09. The molecular weight excluding hydrogens is 350 g/mol. The highest BCUT2D eigenvalue weighted by Crippen LogP contribution is 2.34. The quantitative estimate of drug-likeness (QED) is 0.505. The molecule has 0 aliphatic heterocycles. The molecule has 0 saturated carbocycles. The minimum Gasteiger partial charge on any atom is -0.369 e. The van der Waals surface area contributed by atoms with E-state index < -0.39 is 0 Å². The van der Waals surface area contributed by atoms with Crippen molar-refractivity contribution in [3.63, 3.8) is 0 Å². The third kappa shape index (κ3) is 2.69. The number of nitrogens with one attached hydrogen (secondary N) is 1. The number of rotatable bonds is 4. The Morgan fingerprint density at radius 3 is 2.61 bits per heavy atom. The molecule has 28 heavy (non-hydrogen) atoms. The normalized spacial score (nSPS) is 11.1. The number of fused-ring (bicyclic) bond motifs is 3. The van der Waals surface area contributed by atoms with Crippen LogP contribution in [0.3, 0.4) is 0 Å². The fourth-order valence-corrected chi connectivity index (χ4v) is 3.40. The predicted molar refractivity (Wildman–Crippen MR) is 110 cm³/mol. The van der Waals surface area contributed by atoms with Gasteiger partial charge in [0.2, 0.25) is 11.9 Å². The van der Waals surface area contributed by atoms with Gasteiger partial charge >= 0.3 is 0 Å². The summed E-state index contributed by atoms with van der Waals surface area (Å²) in [5.74, 6) is 0.962. The Balaban J connectivity index is 1.61. The first-order valence-electron chi connectivity index (χ1n) is 8.92. The maximum absolute atomic E-state index is 6.12. The minimum atomic E-state index is 0.393. The highest BCUT2D eigenvalue weighted by Gasteiger charge is 2.17. The van der Waals surface area contributed by atoms with Crippen molar-refractivity contribution < 1.29 is 0 Å². The van der Waals surface area contributed by atoms with Gasteiger partial charge in [0.05, 0.1) is 11.2 Å². The SMILES string of the molecule is Nc1nccc2c(-c3ccnc(NCc4ccccc4)n3)c3cccnc3n12. The summed E-state index contributed by atoms with van der Waals surface area (Å²) in [6, 6.07) is 17.9. The molecule has 0 spiro atoms. The smallest absolute Gasteiger partial charge is 0.223 e. The Bertz CT molecular complexity index is 1280. The van der Waals surface area contributed by atoms with E-state index in [4.69, 9.17) is 10.7 Å². The molecule has 0 saturated heterocycles. The van der Waals surface area contributed by atoms with Gasteiger partial charge in [-0.2, -0.15) is 0 Å². The molecule has 0 bridgehead atoms. The summed E-state index contributed by atoms with van der Waals surface area (Å²) < 4.78 is 1.85. The first-order chi connectivity index (χ1) is 13.8. The second-order valence-electron chi connectivity index (χ2n) is 6.38. The van der Waals surface area contributed by atoms with Crippen LogP contribution in [-0.4, -0.2) is 24.3 Å². The number of anilines is 2. The summed E-state index contributed by atoms with van der Waals surface area (Å²) in [7, 11) is 0. The first kappa shape index (κ1) is 16.2. The van der Waals surface area contributed by atoms with Crippen molar-refractivity contribution in [3.05, 3.63) is 78.8 Å². The van der Waals surface area contributed by atoms with Crippen molar-refractivity contribution in [2.75, 3.05) is 11.1 Å². The third-order valence-electron chi connectivity index (χ3n) is 4.64. The summed E-state index contributed by atoms with van der Waals surface area (Å²) in [4.78, 5) is 17.8. The van der Waals surface area contributed by atoms with Gasteiger partial charge < -0.3 is 11.1 Å². The number of benzene rings is 1. The Hall–Kier alpha value is -4.00. The summed E-state index contributed by atoms with van der Waals surface area (Å²) >= 11 is 0. The average molecular weight is 367 g/mol. The summed E-state index contributed by atoms with van der Waals surface area (Å²) in [5.41, 5.74) is 10.7. The van der Waals surface area contributed by atoms with Gasteiger partial charge in [0.15, 0.2) is 0 Å². The monoisotopic (exact) mass is 367 g/mol. The standard InChI is InChI=1S/C21H17N7/c22-20-24-12-9-17-18(15-7-4-10-23-19(15)28(17)20)16-8-11-25-21(27-16)26-13-14-5-2-1-3-6-14/h1-12H,13H2,(H2,22,24)(H,25,26,27). The molecule has 136 valence electrons. The van der Waals surface area contributed by atoms with Crippen LogP contribution in [-0.2, 0) is 6.54 Å². The van der Waals surface area contributed by atoms with Crippen LogP contribution in [0.1, 0.15) is 5.56 Å². The van der Waals surface area contributed by atoms with Crippen LogP contribution in [0, 0.1) is 0 Å². The van der Waals surface area contributed by atoms with Gasteiger partial charge in [-0.3, -0.25) is 4.40 Å². The molecule has 0 amide bonds. The Morgan fingerprint density at radius 1 is 0.857 bits per heavy atom. The van der Waals surface area contributed by atoms with E-state index in [1.165, 1.54) is 5.56 Å². The van der Waals surface area contributed by atoms with Crippen molar-refractivity contribution in [1.29, 1.82) is 0 Å². The second kappa shape index (κ2) is 6.62. The third-order valence-corrected chi connectivity index (χ3v) is 4.64. The molecule has 5 rings (SSSR count). The van der Waals surface area contributed by atoms with Crippen LogP contribution in [0.25, 0.3) is 27.8 Å². The zero-order valence-corrected chi connectivity index (χ0v) is 14.9. The Kier molecular flexibility index (Phi) is 3.83. The number of aromatic nitrogens is 5. The molecule has 7 nitrogen and oxygen atoms in total. The largest absolute Gasteiger partial charge is 0.369 e. The highest BCUT2D eigenvalue weighted by molar-refractivity contribution is 6.04. The molecule has 3 N–H and O–H groups in total. The predicted octanol–water partition coefficient (Wildman–Crippen LogP) is 3.53.